The lowest BCUT2D eigenvalue weighted by Gasteiger charge is -2.23. The van der Waals surface area contributed by atoms with Crippen molar-refractivity contribution in [2.24, 2.45) is 5.92 Å². The topological polar surface area (TPSA) is 67.6 Å². The van der Waals surface area contributed by atoms with Gasteiger partial charge in [0.05, 0.1) is 19.0 Å². The standard InChI is InChI=1S/C12H21N3O2/c1-2-15(6-3-5-13)12(17)9-14-7-4-11(8-14)10-16/h11,16H,2-4,6-10H2,1H3. The Morgan fingerprint density at radius 2 is 2.41 bits per heavy atom. The molecular formula is C12H21N3O2. The molecule has 0 saturated carbocycles. The van der Waals surface area contributed by atoms with Crippen LogP contribution in [0.15, 0.2) is 0 Å². The number of aliphatic hydroxyl groups excluding tert-OH is 1. The molecule has 1 N–H and O–H groups in total. The number of likely N-dealkylation sites (tertiary alicyclic amines) is 1. The van der Waals surface area contributed by atoms with Crippen LogP contribution in [0.2, 0.25) is 0 Å². The molecule has 1 saturated heterocycles. The summed E-state index contributed by atoms with van der Waals surface area (Å²) in [6.07, 6.45) is 1.35. The molecule has 1 unspecified atom stereocenters. The van der Waals surface area contributed by atoms with E-state index >= 15 is 0 Å². The summed E-state index contributed by atoms with van der Waals surface area (Å²) in [5.41, 5.74) is 0. The van der Waals surface area contributed by atoms with Crippen LogP contribution in [-0.2, 0) is 4.79 Å². The highest BCUT2D eigenvalue weighted by atomic mass is 16.3. The van der Waals surface area contributed by atoms with E-state index in [-0.39, 0.29) is 12.5 Å². The summed E-state index contributed by atoms with van der Waals surface area (Å²) in [6, 6.07) is 2.06. The largest absolute Gasteiger partial charge is 0.396 e. The zero-order valence-electron chi connectivity index (χ0n) is 10.4. The summed E-state index contributed by atoms with van der Waals surface area (Å²) >= 11 is 0. The van der Waals surface area contributed by atoms with Crippen LogP contribution in [0.3, 0.4) is 0 Å². The number of rotatable bonds is 6. The minimum Gasteiger partial charge on any atom is -0.396 e. The molecule has 1 aliphatic rings. The van der Waals surface area contributed by atoms with E-state index in [1.807, 2.05) is 6.92 Å². The van der Waals surface area contributed by atoms with Crippen LogP contribution < -0.4 is 0 Å². The quantitative estimate of drug-likeness (QED) is 0.712. The van der Waals surface area contributed by atoms with E-state index in [0.717, 1.165) is 19.5 Å². The lowest BCUT2D eigenvalue weighted by atomic mass is 10.1. The summed E-state index contributed by atoms with van der Waals surface area (Å²) in [5, 5.41) is 17.5. The highest BCUT2D eigenvalue weighted by Gasteiger charge is 2.24. The number of nitriles is 1. The number of likely N-dealkylation sites (N-methyl/N-ethyl adjacent to an activating group) is 1. The van der Waals surface area contributed by atoms with Gasteiger partial charge in [0.1, 0.15) is 0 Å². The molecule has 0 aromatic rings. The second-order valence-corrected chi connectivity index (χ2v) is 4.45. The van der Waals surface area contributed by atoms with Gasteiger partial charge in [-0.05, 0) is 25.8 Å². The van der Waals surface area contributed by atoms with Crippen LogP contribution in [-0.4, -0.2) is 60.1 Å². The van der Waals surface area contributed by atoms with Gasteiger partial charge in [0, 0.05) is 26.2 Å². The molecule has 1 amide bonds. The summed E-state index contributed by atoms with van der Waals surface area (Å²) in [4.78, 5) is 15.7. The van der Waals surface area contributed by atoms with Gasteiger partial charge in [-0.25, -0.2) is 0 Å². The van der Waals surface area contributed by atoms with Crippen molar-refractivity contribution in [1.82, 2.24) is 9.80 Å². The van der Waals surface area contributed by atoms with Gasteiger partial charge in [0.25, 0.3) is 0 Å². The van der Waals surface area contributed by atoms with E-state index in [4.69, 9.17) is 10.4 Å². The predicted molar refractivity (Wildman–Crippen MR) is 64.1 cm³/mol. The molecule has 0 spiro atoms. The highest BCUT2D eigenvalue weighted by Crippen LogP contribution is 2.15. The zero-order valence-corrected chi connectivity index (χ0v) is 10.4. The number of carbonyl (C=O) groups is 1. The van der Waals surface area contributed by atoms with Crippen LogP contribution in [0.25, 0.3) is 0 Å². The fourth-order valence-electron chi connectivity index (χ4n) is 2.14. The number of hydrogen-bond acceptors (Lipinski definition) is 4. The molecule has 0 aromatic carbocycles. The first-order valence-electron chi connectivity index (χ1n) is 6.19. The van der Waals surface area contributed by atoms with Gasteiger partial charge in [0.2, 0.25) is 5.91 Å². The first-order chi connectivity index (χ1) is 8.21. The van der Waals surface area contributed by atoms with E-state index in [2.05, 4.69) is 11.0 Å². The van der Waals surface area contributed by atoms with Crippen LogP contribution in [0, 0.1) is 17.2 Å². The summed E-state index contributed by atoms with van der Waals surface area (Å²) < 4.78 is 0. The minimum atomic E-state index is 0.0846. The van der Waals surface area contributed by atoms with Gasteiger partial charge < -0.3 is 10.0 Å². The Morgan fingerprint density at radius 1 is 1.65 bits per heavy atom. The van der Waals surface area contributed by atoms with Gasteiger partial charge >= 0.3 is 0 Å². The van der Waals surface area contributed by atoms with E-state index in [1.54, 1.807) is 4.90 Å². The van der Waals surface area contributed by atoms with Gasteiger partial charge in [-0.3, -0.25) is 9.69 Å². The van der Waals surface area contributed by atoms with Crippen molar-refractivity contribution in [2.45, 2.75) is 19.8 Å². The lowest BCUT2D eigenvalue weighted by Crippen LogP contribution is -2.40. The maximum Gasteiger partial charge on any atom is 0.236 e. The highest BCUT2D eigenvalue weighted by molar-refractivity contribution is 5.78. The Hall–Kier alpha value is -1.12. The molecule has 0 bridgehead atoms. The Kier molecular flexibility index (Phi) is 5.95. The van der Waals surface area contributed by atoms with E-state index in [1.165, 1.54) is 0 Å². The number of aliphatic hydroxyl groups is 1. The van der Waals surface area contributed by atoms with Gasteiger partial charge in [0.15, 0.2) is 0 Å². The van der Waals surface area contributed by atoms with Crippen LogP contribution in [0.5, 0.6) is 0 Å². The average Bonchev–Trinajstić information content (AvgIpc) is 2.77. The van der Waals surface area contributed by atoms with Crippen molar-refractivity contribution < 1.29 is 9.90 Å². The Balaban J connectivity index is 2.35. The first kappa shape index (κ1) is 13.9. The van der Waals surface area contributed by atoms with E-state index in [9.17, 15) is 4.79 Å². The molecule has 1 fully saturated rings. The molecule has 1 atom stereocenters. The van der Waals surface area contributed by atoms with Crippen LogP contribution >= 0.6 is 0 Å². The van der Waals surface area contributed by atoms with Crippen molar-refractivity contribution in [1.29, 1.82) is 5.26 Å². The van der Waals surface area contributed by atoms with E-state index < -0.39 is 0 Å². The molecule has 96 valence electrons. The van der Waals surface area contributed by atoms with Crippen molar-refractivity contribution in [3.8, 4) is 6.07 Å². The van der Waals surface area contributed by atoms with Crippen molar-refractivity contribution >= 4 is 5.91 Å². The SMILES string of the molecule is CCN(CCC#N)C(=O)CN1CCC(CO)C1. The van der Waals surface area contributed by atoms with Gasteiger partial charge in [-0.15, -0.1) is 0 Å². The number of amides is 1. The number of nitrogens with zero attached hydrogens (tertiary/aromatic N) is 3. The summed E-state index contributed by atoms with van der Waals surface area (Å²) in [5.74, 6) is 0.401. The molecule has 1 aliphatic heterocycles. The smallest absolute Gasteiger partial charge is 0.236 e. The molecule has 5 heteroatoms. The third-order valence-corrected chi connectivity index (χ3v) is 3.21. The van der Waals surface area contributed by atoms with Gasteiger partial charge in [-0.2, -0.15) is 5.26 Å². The van der Waals surface area contributed by atoms with Crippen molar-refractivity contribution in [3.05, 3.63) is 0 Å². The monoisotopic (exact) mass is 239 g/mol. The number of hydrogen-bond donors (Lipinski definition) is 1. The minimum absolute atomic E-state index is 0.0846. The molecule has 1 heterocycles. The Morgan fingerprint density at radius 3 is 2.94 bits per heavy atom. The molecule has 0 aliphatic carbocycles. The number of carbonyl (C=O) groups excluding carboxylic acids is 1. The fourth-order valence-corrected chi connectivity index (χ4v) is 2.14. The molecule has 0 aromatic heterocycles. The summed E-state index contributed by atoms with van der Waals surface area (Å²) in [7, 11) is 0. The van der Waals surface area contributed by atoms with Crippen LogP contribution in [0.4, 0.5) is 0 Å². The molecule has 1 rings (SSSR count). The summed E-state index contributed by atoms with van der Waals surface area (Å²) in [6.45, 7) is 5.40. The maximum atomic E-state index is 11.9. The van der Waals surface area contributed by atoms with Crippen molar-refractivity contribution in [3.63, 3.8) is 0 Å². The van der Waals surface area contributed by atoms with Crippen molar-refractivity contribution in [2.75, 3.05) is 39.3 Å². The second-order valence-electron chi connectivity index (χ2n) is 4.45. The Labute approximate surface area is 103 Å². The third kappa shape index (κ3) is 4.33. The predicted octanol–water partition coefficient (Wildman–Crippen LogP) is 0.0628. The Bertz CT molecular complexity index is 288. The molecule has 0 radical (unpaired) electrons. The van der Waals surface area contributed by atoms with E-state index in [0.29, 0.717) is 32.0 Å². The second kappa shape index (κ2) is 7.25. The third-order valence-electron chi connectivity index (χ3n) is 3.21. The first-order valence-corrected chi connectivity index (χ1v) is 6.19. The fraction of sp³-hybridized carbons (Fsp3) is 0.833. The van der Waals surface area contributed by atoms with Gasteiger partial charge in [-0.1, -0.05) is 0 Å². The van der Waals surface area contributed by atoms with Crippen LogP contribution in [0.1, 0.15) is 19.8 Å². The normalized spacial score (nSPS) is 20.2. The molecular weight excluding hydrogens is 218 g/mol. The molecule has 17 heavy (non-hydrogen) atoms. The lowest BCUT2D eigenvalue weighted by molar-refractivity contribution is -0.132. The molecule has 5 nitrogen and oxygen atoms in total. The average molecular weight is 239 g/mol. The zero-order chi connectivity index (χ0) is 12.7. The maximum absolute atomic E-state index is 11.9.